The SMILES string of the molecule is Cc1c(CC(=O)O)cccc1OCCONC(=CC1CCCC1)c1ccc(-c2ccccc2)cc1. The molecule has 1 saturated carbocycles. The Labute approximate surface area is 207 Å². The first kappa shape index (κ1) is 24.6. The highest BCUT2D eigenvalue weighted by Crippen LogP contribution is 2.29. The summed E-state index contributed by atoms with van der Waals surface area (Å²) in [5.74, 6) is 0.396. The zero-order valence-corrected chi connectivity index (χ0v) is 20.2. The number of carboxylic acid groups (broad SMARTS) is 1. The number of hydrogen-bond acceptors (Lipinski definition) is 4. The van der Waals surface area contributed by atoms with Crippen LogP contribution in [0.1, 0.15) is 42.4 Å². The van der Waals surface area contributed by atoms with E-state index in [-0.39, 0.29) is 6.42 Å². The molecule has 0 spiro atoms. The summed E-state index contributed by atoms with van der Waals surface area (Å²) in [5, 5.41) is 9.07. The van der Waals surface area contributed by atoms with Crippen LogP contribution in [0.25, 0.3) is 16.8 Å². The van der Waals surface area contributed by atoms with E-state index in [2.05, 4.69) is 60.1 Å². The van der Waals surface area contributed by atoms with E-state index in [1.54, 1.807) is 0 Å². The molecular formula is C30H33NO4. The van der Waals surface area contributed by atoms with Gasteiger partial charge in [-0.2, -0.15) is 0 Å². The van der Waals surface area contributed by atoms with Crippen LogP contribution in [-0.4, -0.2) is 24.3 Å². The van der Waals surface area contributed by atoms with Gasteiger partial charge in [0.15, 0.2) is 0 Å². The number of nitrogens with one attached hydrogen (secondary N) is 1. The van der Waals surface area contributed by atoms with Crippen molar-refractivity contribution in [3.63, 3.8) is 0 Å². The second-order valence-electron chi connectivity index (χ2n) is 8.98. The van der Waals surface area contributed by atoms with Crippen molar-refractivity contribution in [3.05, 3.63) is 95.6 Å². The van der Waals surface area contributed by atoms with Crippen LogP contribution in [-0.2, 0) is 16.1 Å². The van der Waals surface area contributed by atoms with Gasteiger partial charge in [0.2, 0.25) is 0 Å². The van der Waals surface area contributed by atoms with Crippen molar-refractivity contribution in [2.75, 3.05) is 13.2 Å². The van der Waals surface area contributed by atoms with Gasteiger partial charge in [0.05, 0.1) is 12.1 Å². The summed E-state index contributed by atoms with van der Waals surface area (Å²) < 4.78 is 5.87. The van der Waals surface area contributed by atoms with Gasteiger partial charge in [-0.3, -0.25) is 15.1 Å². The maximum atomic E-state index is 11.1. The average molecular weight is 472 g/mol. The van der Waals surface area contributed by atoms with Crippen LogP contribution in [0.5, 0.6) is 5.75 Å². The van der Waals surface area contributed by atoms with Crippen molar-refractivity contribution in [1.82, 2.24) is 5.48 Å². The third-order valence-corrected chi connectivity index (χ3v) is 6.47. The molecule has 0 radical (unpaired) electrons. The van der Waals surface area contributed by atoms with E-state index in [1.807, 2.05) is 31.2 Å². The van der Waals surface area contributed by atoms with Crippen LogP contribution in [0.2, 0.25) is 0 Å². The number of rotatable bonds is 11. The molecule has 0 amide bonds. The van der Waals surface area contributed by atoms with E-state index in [9.17, 15) is 4.79 Å². The smallest absolute Gasteiger partial charge is 0.307 e. The first-order valence-electron chi connectivity index (χ1n) is 12.3. The van der Waals surface area contributed by atoms with Gasteiger partial charge in [0, 0.05) is 0 Å². The number of benzene rings is 3. The lowest BCUT2D eigenvalue weighted by Crippen LogP contribution is -2.19. The lowest BCUT2D eigenvalue weighted by Gasteiger charge is -2.16. The minimum Gasteiger partial charge on any atom is -0.491 e. The molecule has 0 aromatic heterocycles. The minimum atomic E-state index is -0.851. The molecule has 5 nitrogen and oxygen atoms in total. The van der Waals surface area contributed by atoms with Gasteiger partial charge in [-0.05, 0) is 59.6 Å². The molecule has 0 heterocycles. The van der Waals surface area contributed by atoms with E-state index < -0.39 is 5.97 Å². The molecule has 1 aliphatic rings. The third-order valence-electron chi connectivity index (χ3n) is 6.47. The quantitative estimate of drug-likeness (QED) is 0.249. The summed E-state index contributed by atoms with van der Waals surface area (Å²) in [4.78, 5) is 16.8. The molecule has 3 aromatic rings. The highest BCUT2D eigenvalue weighted by molar-refractivity contribution is 5.71. The first-order chi connectivity index (χ1) is 17.1. The number of carbonyl (C=O) groups is 1. The van der Waals surface area contributed by atoms with Gasteiger partial charge in [-0.25, -0.2) is 0 Å². The molecule has 4 rings (SSSR count). The maximum absolute atomic E-state index is 11.1. The van der Waals surface area contributed by atoms with Crippen LogP contribution in [0.4, 0.5) is 0 Å². The van der Waals surface area contributed by atoms with Crippen molar-refractivity contribution in [2.45, 2.75) is 39.0 Å². The lowest BCUT2D eigenvalue weighted by molar-refractivity contribution is -0.136. The summed E-state index contributed by atoms with van der Waals surface area (Å²) in [7, 11) is 0. The van der Waals surface area contributed by atoms with Gasteiger partial charge in [-0.15, -0.1) is 0 Å². The van der Waals surface area contributed by atoms with Gasteiger partial charge < -0.3 is 9.84 Å². The normalized spacial score (nSPS) is 14.1. The van der Waals surface area contributed by atoms with E-state index >= 15 is 0 Å². The van der Waals surface area contributed by atoms with Gasteiger partial charge in [-0.1, -0.05) is 85.6 Å². The van der Waals surface area contributed by atoms with Crippen molar-refractivity contribution in [3.8, 4) is 16.9 Å². The molecule has 5 heteroatoms. The van der Waals surface area contributed by atoms with Crippen molar-refractivity contribution >= 4 is 11.7 Å². The highest BCUT2D eigenvalue weighted by Gasteiger charge is 2.15. The van der Waals surface area contributed by atoms with Crippen LogP contribution in [0, 0.1) is 12.8 Å². The molecule has 0 atom stereocenters. The Morgan fingerprint density at radius 3 is 2.37 bits per heavy atom. The van der Waals surface area contributed by atoms with Crippen LogP contribution < -0.4 is 10.2 Å². The molecule has 3 aromatic carbocycles. The summed E-state index contributed by atoms with van der Waals surface area (Å²) in [5.41, 5.74) is 9.23. The number of carboxylic acids is 1. The van der Waals surface area contributed by atoms with Crippen molar-refractivity contribution in [2.24, 2.45) is 5.92 Å². The largest absolute Gasteiger partial charge is 0.491 e. The Kier molecular flexibility index (Phi) is 8.58. The fourth-order valence-electron chi connectivity index (χ4n) is 4.51. The molecule has 1 fully saturated rings. The van der Waals surface area contributed by atoms with Crippen LogP contribution in [0.3, 0.4) is 0 Å². The van der Waals surface area contributed by atoms with Gasteiger partial charge in [0.25, 0.3) is 0 Å². The zero-order chi connectivity index (χ0) is 24.5. The van der Waals surface area contributed by atoms with E-state index in [4.69, 9.17) is 14.7 Å². The monoisotopic (exact) mass is 471 g/mol. The maximum Gasteiger partial charge on any atom is 0.307 e. The van der Waals surface area contributed by atoms with Crippen LogP contribution in [0.15, 0.2) is 78.9 Å². The molecule has 182 valence electrons. The second kappa shape index (κ2) is 12.2. The predicted octanol–water partition coefficient (Wildman–Crippen LogP) is 6.42. The van der Waals surface area contributed by atoms with Crippen molar-refractivity contribution in [1.29, 1.82) is 0 Å². The summed E-state index contributed by atoms with van der Waals surface area (Å²) in [6.45, 7) is 2.59. The Bertz CT molecular complexity index is 1130. The summed E-state index contributed by atoms with van der Waals surface area (Å²) in [6.07, 6.45) is 7.25. The third kappa shape index (κ3) is 6.96. The fraction of sp³-hybridized carbons (Fsp3) is 0.300. The van der Waals surface area contributed by atoms with E-state index in [1.165, 1.54) is 36.8 Å². The lowest BCUT2D eigenvalue weighted by atomic mass is 10.0. The molecule has 0 unspecified atom stereocenters. The van der Waals surface area contributed by atoms with E-state index in [0.717, 1.165) is 22.4 Å². The summed E-state index contributed by atoms with van der Waals surface area (Å²) in [6, 6.07) is 24.4. The average Bonchev–Trinajstić information content (AvgIpc) is 3.39. The number of allylic oxidation sites excluding steroid dienone is 1. The Morgan fingerprint density at radius 2 is 1.66 bits per heavy atom. The molecular weight excluding hydrogens is 438 g/mol. The minimum absolute atomic E-state index is 0.0144. The standard InChI is InChI=1S/C30H33NO4/c1-22-27(21-30(32)33)12-7-13-29(22)34-18-19-35-31-28(20-23-8-5-6-9-23)26-16-14-25(15-17-26)24-10-3-2-4-11-24/h2-4,7,10-17,20,23,31H,5-6,8-9,18-19,21H2,1H3,(H,32,33). The van der Waals surface area contributed by atoms with Crippen molar-refractivity contribution < 1.29 is 19.5 Å². The topological polar surface area (TPSA) is 67.8 Å². The molecule has 2 N–H and O–H groups in total. The molecule has 1 aliphatic carbocycles. The Morgan fingerprint density at radius 1 is 0.943 bits per heavy atom. The summed E-state index contributed by atoms with van der Waals surface area (Å²) >= 11 is 0. The molecule has 0 bridgehead atoms. The number of hydrogen-bond donors (Lipinski definition) is 2. The first-order valence-corrected chi connectivity index (χ1v) is 12.3. The highest BCUT2D eigenvalue weighted by atomic mass is 16.7. The number of hydroxylamine groups is 1. The van der Waals surface area contributed by atoms with Gasteiger partial charge >= 0.3 is 5.97 Å². The Balaban J connectivity index is 1.36. The second-order valence-corrected chi connectivity index (χ2v) is 8.98. The van der Waals surface area contributed by atoms with Gasteiger partial charge in [0.1, 0.15) is 19.0 Å². The molecule has 0 saturated heterocycles. The molecule has 0 aliphatic heterocycles. The Hall–Kier alpha value is -3.57. The fourth-order valence-corrected chi connectivity index (χ4v) is 4.51. The van der Waals surface area contributed by atoms with Crippen LogP contribution >= 0.6 is 0 Å². The number of ether oxygens (including phenoxy) is 1. The molecule has 35 heavy (non-hydrogen) atoms. The zero-order valence-electron chi connectivity index (χ0n) is 20.2. The van der Waals surface area contributed by atoms with E-state index in [0.29, 0.717) is 24.9 Å². The number of aliphatic carboxylic acids is 1. The predicted molar refractivity (Wildman–Crippen MR) is 139 cm³/mol.